The van der Waals surface area contributed by atoms with E-state index < -0.39 is 10.0 Å². The van der Waals surface area contributed by atoms with Crippen LogP contribution >= 0.6 is 0 Å². The Morgan fingerprint density at radius 2 is 1.93 bits per heavy atom. The van der Waals surface area contributed by atoms with Crippen molar-refractivity contribution in [3.63, 3.8) is 0 Å². The number of piperidine rings is 1. The number of carbonyl (C=O) groups excluding carboxylic acids is 1. The van der Waals surface area contributed by atoms with Crippen LogP contribution in [0.15, 0.2) is 24.3 Å². The van der Waals surface area contributed by atoms with E-state index in [4.69, 9.17) is 4.74 Å². The Balaban J connectivity index is 1.79. The molecule has 6 nitrogen and oxygen atoms in total. The van der Waals surface area contributed by atoms with Gasteiger partial charge in [0.05, 0.1) is 5.75 Å². The summed E-state index contributed by atoms with van der Waals surface area (Å²) in [7, 11) is 0.380. The van der Waals surface area contributed by atoms with Gasteiger partial charge in [-0.1, -0.05) is 25.1 Å². The molecule has 0 bridgehead atoms. The van der Waals surface area contributed by atoms with Gasteiger partial charge in [0.1, 0.15) is 11.4 Å². The molecule has 1 amide bonds. The maximum Gasteiger partial charge on any atom is 0.222 e. The second-order valence-electron chi connectivity index (χ2n) is 7.93. The van der Waals surface area contributed by atoms with Gasteiger partial charge in [-0.3, -0.25) is 4.79 Å². The number of amides is 1. The van der Waals surface area contributed by atoms with Crippen LogP contribution in [0, 0.1) is 0 Å². The normalized spacial score (nSPS) is 22.1. The van der Waals surface area contributed by atoms with E-state index >= 15 is 0 Å². The van der Waals surface area contributed by atoms with Crippen LogP contribution in [0.1, 0.15) is 50.5 Å². The molecule has 0 saturated carbocycles. The highest BCUT2D eigenvalue weighted by Gasteiger charge is 2.45. The smallest absolute Gasteiger partial charge is 0.222 e. The fourth-order valence-corrected chi connectivity index (χ4v) is 5.70. The van der Waals surface area contributed by atoms with E-state index in [2.05, 4.69) is 0 Å². The number of nitrogens with zero attached hydrogens (tertiary/aromatic N) is 2. The summed E-state index contributed by atoms with van der Waals surface area (Å²) in [5.41, 5.74) is 0.698. The molecule has 1 fully saturated rings. The van der Waals surface area contributed by atoms with Crippen molar-refractivity contribution < 1.29 is 17.9 Å². The zero-order valence-corrected chi connectivity index (χ0v) is 17.3. The number of fused-ring (bicyclic) bond motifs is 1. The molecule has 2 aliphatic rings. The van der Waals surface area contributed by atoms with Crippen molar-refractivity contribution in [1.82, 2.24) is 9.21 Å². The lowest BCUT2D eigenvalue weighted by Crippen LogP contribution is -2.52. The largest absolute Gasteiger partial charge is 0.487 e. The molecule has 1 spiro atoms. The number of para-hydroxylation sites is 1. The Kier molecular flexibility index (Phi) is 5.82. The lowest BCUT2D eigenvalue weighted by atomic mass is 9.76. The minimum Gasteiger partial charge on any atom is -0.487 e. The molecule has 1 saturated heterocycles. The van der Waals surface area contributed by atoms with Crippen molar-refractivity contribution >= 4 is 15.9 Å². The molecule has 0 radical (unpaired) electrons. The third-order valence-electron chi connectivity index (χ3n) is 5.71. The molecule has 2 aliphatic heterocycles. The maximum atomic E-state index is 12.4. The number of sulfonamides is 1. The Morgan fingerprint density at radius 1 is 1.26 bits per heavy atom. The number of carbonyl (C=O) groups is 1. The molecule has 0 aromatic heterocycles. The number of hydrogen-bond acceptors (Lipinski definition) is 4. The van der Waals surface area contributed by atoms with Crippen molar-refractivity contribution in [1.29, 1.82) is 0 Å². The number of rotatable bonds is 5. The van der Waals surface area contributed by atoms with E-state index in [1.807, 2.05) is 31.2 Å². The first-order valence-electron chi connectivity index (χ1n) is 9.72. The van der Waals surface area contributed by atoms with Crippen LogP contribution in [-0.4, -0.2) is 62.1 Å². The second kappa shape index (κ2) is 7.80. The highest BCUT2D eigenvalue weighted by molar-refractivity contribution is 7.89. The van der Waals surface area contributed by atoms with Gasteiger partial charge >= 0.3 is 0 Å². The van der Waals surface area contributed by atoms with Crippen molar-refractivity contribution in [2.75, 3.05) is 32.9 Å². The zero-order valence-electron chi connectivity index (χ0n) is 16.5. The monoisotopic (exact) mass is 394 g/mol. The maximum absolute atomic E-state index is 12.4. The third-order valence-corrected chi connectivity index (χ3v) is 7.79. The first kappa shape index (κ1) is 20.1. The highest BCUT2D eigenvalue weighted by Crippen LogP contribution is 2.46. The molecule has 1 aromatic rings. The highest BCUT2D eigenvalue weighted by atomic mass is 32.2. The van der Waals surface area contributed by atoms with Crippen LogP contribution < -0.4 is 4.74 Å². The standard InChI is InChI=1S/C20H30N2O4S/c1-4-13-27(24,25)22-11-9-20(10-12-22)15-16(14-19(23)21(2)3)17-7-5-6-8-18(17)26-20/h5-8,16H,4,9-15H2,1-3H3/t16-/m1/s1. The predicted molar refractivity (Wildman–Crippen MR) is 105 cm³/mol. The molecule has 0 aliphatic carbocycles. The Hall–Kier alpha value is -1.60. The van der Waals surface area contributed by atoms with Crippen LogP contribution in [0.4, 0.5) is 0 Å². The Labute approximate surface area is 162 Å². The van der Waals surface area contributed by atoms with Gasteiger partial charge in [-0.05, 0) is 24.5 Å². The molecule has 0 unspecified atom stereocenters. The molecule has 3 rings (SSSR count). The van der Waals surface area contributed by atoms with Crippen molar-refractivity contribution in [2.45, 2.75) is 50.5 Å². The minimum atomic E-state index is -3.18. The molecular formula is C20H30N2O4S. The quantitative estimate of drug-likeness (QED) is 0.770. The molecule has 1 aromatic carbocycles. The van der Waals surface area contributed by atoms with Crippen LogP contribution in [0.2, 0.25) is 0 Å². The fourth-order valence-electron chi connectivity index (χ4n) is 4.19. The van der Waals surface area contributed by atoms with Gasteiger partial charge in [0.25, 0.3) is 0 Å². The molecule has 150 valence electrons. The summed E-state index contributed by atoms with van der Waals surface area (Å²) in [6.07, 6.45) is 3.16. The topological polar surface area (TPSA) is 66.9 Å². The lowest BCUT2D eigenvalue weighted by Gasteiger charge is -2.46. The van der Waals surface area contributed by atoms with Crippen molar-refractivity contribution in [3.8, 4) is 5.75 Å². The van der Waals surface area contributed by atoms with E-state index in [0.29, 0.717) is 38.8 Å². The molecule has 27 heavy (non-hydrogen) atoms. The van der Waals surface area contributed by atoms with Gasteiger partial charge in [0.2, 0.25) is 15.9 Å². The Morgan fingerprint density at radius 3 is 2.56 bits per heavy atom. The van der Waals surface area contributed by atoms with E-state index in [1.54, 1.807) is 23.3 Å². The molecule has 7 heteroatoms. The first-order valence-corrected chi connectivity index (χ1v) is 11.3. The van der Waals surface area contributed by atoms with E-state index in [0.717, 1.165) is 17.7 Å². The predicted octanol–water partition coefficient (Wildman–Crippen LogP) is 2.61. The van der Waals surface area contributed by atoms with Gasteiger partial charge < -0.3 is 9.64 Å². The molecule has 2 heterocycles. The summed E-state index contributed by atoms with van der Waals surface area (Å²) in [4.78, 5) is 14.0. The summed E-state index contributed by atoms with van der Waals surface area (Å²) < 4.78 is 32.8. The summed E-state index contributed by atoms with van der Waals surface area (Å²) in [6, 6.07) is 7.93. The van der Waals surface area contributed by atoms with E-state index in [1.165, 1.54) is 0 Å². The molecule has 1 atom stereocenters. The third kappa shape index (κ3) is 4.29. The summed E-state index contributed by atoms with van der Waals surface area (Å²) in [5.74, 6) is 1.24. The van der Waals surface area contributed by atoms with Crippen LogP contribution in [0.5, 0.6) is 5.75 Å². The second-order valence-corrected chi connectivity index (χ2v) is 10.0. The minimum absolute atomic E-state index is 0.101. The zero-order chi connectivity index (χ0) is 19.7. The average molecular weight is 395 g/mol. The van der Waals surface area contributed by atoms with Crippen LogP contribution in [-0.2, 0) is 14.8 Å². The number of ether oxygens (including phenoxy) is 1. The SMILES string of the molecule is CCCS(=O)(=O)N1CCC2(CC1)C[C@@H](CC(=O)N(C)C)c1ccccc1O2. The van der Waals surface area contributed by atoms with Crippen LogP contribution in [0.3, 0.4) is 0 Å². The molecular weight excluding hydrogens is 364 g/mol. The Bertz CT molecular complexity index is 783. The van der Waals surface area contributed by atoms with Gasteiger partial charge in [-0.25, -0.2) is 12.7 Å². The van der Waals surface area contributed by atoms with Crippen molar-refractivity contribution in [2.24, 2.45) is 0 Å². The summed E-state index contributed by atoms with van der Waals surface area (Å²) in [6.45, 7) is 2.86. The number of hydrogen-bond donors (Lipinski definition) is 0. The van der Waals surface area contributed by atoms with Crippen molar-refractivity contribution in [3.05, 3.63) is 29.8 Å². The average Bonchev–Trinajstić information content (AvgIpc) is 2.62. The fraction of sp³-hybridized carbons (Fsp3) is 0.650. The van der Waals surface area contributed by atoms with Gasteiger partial charge in [-0.15, -0.1) is 0 Å². The summed E-state index contributed by atoms with van der Waals surface area (Å²) >= 11 is 0. The van der Waals surface area contributed by atoms with E-state index in [-0.39, 0.29) is 23.2 Å². The van der Waals surface area contributed by atoms with Crippen LogP contribution in [0.25, 0.3) is 0 Å². The van der Waals surface area contributed by atoms with Gasteiger partial charge in [-0.2, -0.15) is 0 Å². The van der Waals surface area contributed by atoms with Gasteiger partial charge in [0.15, 0.2) is 0 Å². The lowest BCUT2D eigenvalue weighted by molar-refractivity contribution is -0.129. The number of benzene rings is 1. The summed E-state index contributed by atoms with van der Waals surface area (Å²) in [5, 5.41) is 0. The van der Waals surface area contributed by atoms with E-state index in [9.17, 15) is 13.2 Å². The van der Waals surface area contributed by atoms with Gasteiger partial charge in [0, 0.05) is 52.4 Å². The molecule has 0 N–H and O–H groups in total. The first-order chi connectivity index (χ1) is 12.8.